The van der Waals surface area contributed by atoms with Gasteiger partial charge in [-0.15, -0.1) is 11.8 Å². The maximum atomic E-state index is 13.1. The normalized spacial score (nSPS) is 14.1. The van der Waals surface area contributed by atoms with E-state index >= 15 is 0 Å². The lowest BCUT2D eigenvalue weighted by molar-refractivity contribution is -0.124. The number of carbonyl (C=O) groups excluding carboxylic acids is 1. The average molecular weight is 257 g/mol. The van der Waals surface area contributed by atoms with Crippen LogP contribution >= 0.6 is 11.8 Å². The molecule has 0 saturated carbocycles. The average Bonchev–Trinajstić information content (AvgIpc) is 2.31. The highest BCUT2D eigenvalue weighted by Crippen LogP contribution is 2.32. The van der Waals surface area contributed by atoms with Gasteiger partial charge in [0.2, 0.25) is 5.91 Å². The number of halogens is 1. The number of nitrogens with two attached hydrogens (primary N) is 2. The van der Waals surface area contributed by atoms with Crippen molar-refractivity contribution in [2.45, 2.75) is 24.0 Å². The Balaban J connectivity index is 2.77. The van der Waals surface area contributed by atoms with E-state index in [1.165, 1.54) is 30.0 Å². The number of carbonyl (C=O) groups is 1. The van der Waals surface area contributed by atoms with Gasteiger partial charge < -0.3 is 5.73 Å². The first-order valence-electron chi connectivity index (χ1n) is 5.18. The molecule has 5 N–H and O–H groups in total. The fourth-order valence-corrected chi connectivity index (χ4v) is 2.37. The summed E-state index contributed by atoms with van der Waals surface area (Å²) in [5.74, 6) is 4.19. The summed E-state index contributed by atoms with van der Waals surface area (Å²) in [7, 11) is 0. The molecule has 1 rings (SSSR count). The van der Waals surface area contributed by atoms with Crippen LogP contribution in [0.15, 0.2) is 23.1 Å². The summed E-state index contributed by atoms with van der Waals surface area (Å²) in [5.41, 5.74) is 8.34. The van der Waals surface area contributed by atoms with Crippen LogP contribution < -0.4 is 17.0 Å². The van der Waals surface area contributed by atoms with Crippen LogP contribution in [0.25, 0.3) is 0 Å². The van der Waals surface area contributed by atoms with E-state index in [1.807, 2.05) is 6.92 Å². The van der Waals surface area contributed by atoms with Crippen LogP contribution in [-0.2, 0) is 4.79 Å². The summed E-state index contributed by atoms with van der Waals surface area (Å²) in [5, 5.41) is -0.0531. The van der Waals surface area contributed by atoms with E-state index in [2.05, 4.69) is 5.43 Å². The molecule has 0 saturated heterocycles. The number of nitrogens with one attached hydrogen (secondary N) is 1. The van der Waals surface area contributed by atoms with Crippen LogP contribution in [-0.4, -0.2) is 11.2 Å². The molecular weight excluding hydrogens is 241 g/mol. The largest absolute Gasteiger partial charge is 0.398 e. The molecule has 4 nitrogen and oxygen atoms in total. The van der Waals surface area contributed by atoms with Crippen LogP contribution in [0.3, 0.4) is 0 Å². The third-order valence-corrected chi connectivity index (χ3v) is 3.94. The molecular formula is C11H16FN3OS. The van der Waals surface area contributed by atoms with Crippen molar-refractivity contribution in [3.63, 3.8) is 0 Å². The van der Waals surface area contributed by atoms with Crippen LogP contribution in [0.1, 0.15) is 13.8 Å². The maximum Gasteiger partial charge on any atom is 0.237 e. The Morgan fingerprint density at radius 3 is 2.71 bits per heavy atom. The van der Waals surface area contributed by atoms with E-state index in [9.17, 15) is 9.18 Å². The molecule has 0 heterocycles. The smallest absolute Gasteiger partial charge is 0.237 e. The molecule has 0 aliphatic carbocycles. The Bertz CT molecular complexity index is 414. The lowest BCUT2D eigenvalue weighted by Crippen LogP contribution is -2.38. The minimum atomic E-state index is -0.343. The van der Waals surface area contributed by atoms with E-state index in [1.54, 1.807) is 6.92 Å². The molecule has 1 amide bonds. The third-order valence-electron chi connectivity index (χ3n) is 2.55. The van der Waals surface area contributed by atoms with Crippen LogP contribution in [0.4, 0.5) is 10.1 Å². The van der Waals surface area contributed by atoms with E-state index in [-0.39, 0.29) is 22.9 Å². The van der Waals surface area contributed by atoms with Crippen molar-refractivity contribution in [2.75, 3.05) is 5.73 Å². The number of benzene rings is 1. The Morgan fingerprint density at radius 1 is 1.47 bits per heavy atom. The lowest BCUT2D eigenvalue weighted by Gasteiger charge is -2.18. The molecule has 2 atom stereocenters. The van der Waals surface area contributed by atoms with Gasteiger partial charge in [-0.1, -0.05) is 13.8 Å². The van der Waals surface area contributed by atoms with Crippen molar-refractivity contribution < 1.29 is 9.18 Å². The monoisotopic (exact) mass is 257 g/mol. The maximum absolute atomic E-state index is 13.1. The number of nitrogen functional groups attached to an aromatic ring is 1. The summed E-state index contributed by atoms with van der Waals surface area (Å²) in [6.45, 7) is 3.63. The Kier molecular flexibility index (Phi) is 4.77. The number of hydrazine groups is 1. The molecule has 1 aromatic carbocycles. The van der Waals surface area contributed by atoms with Gasteiger partial charge in [0, 0.05) is 21.8 Å². The second-order valence-corrected chi connectivity index (χ2v) is 5.22. The fourth-order valence-electron chi connectivity index (χ4n) is 1.26. The SMILES string of the molecule is CC(Sc1cc(F)ccc1N)C(C)C(=O)NN. The van der Waals surface area contributed by atoms with Gasteiger partial charge in [-0.25, -0.2) is 10.2 Å². The highest BCUT2D eigenvalue weighted by Gasteiger charge is 2.21. The zero-order valence-corrected chi connectivity index (χ0v) is 10.6. The summed E-state index contributed by atoms with van der Waals surface area (Å²) < 4.78 is 13.1. The van der Waals surface area contributed by atoms with Gasteiger partial charge in [-0.3, -0.25) is 10.2 Å². The second-order valence-electron chi connectivity index (χ2n) is 3.80. The van der Waals surface area contributed by atoms with E-state index in [4.69, 9.17) is 11.6 Å². The number of thioether (sulfide) groups is 1. The first kappa shape index (κ1) is 13.8. The van der Waals surface area contributed by atoms with Crippen molar-refractivity contribution in [1.82, 2.24) is 5.43 Å². The Hall–Kier alpha value is -1.27. The second kappa shape index (κ2) is 5.88. The summed E-state index contributed by atoms with van der Waals surface area (Å²) >= 11 is 1.35. The molecule has 0 aromatic heterocycles. The highest BCUT2D eigenvalue weighted by atomic mass is 32.2. The molecule has 0 spiro atoms. The highest BCUT2D eigenvalue weighted by molar-refractivity contribution is 8.00. The Labute approximate surface area is 104 Å². The van der Waals surface area contributed by atoms with Gasteiger partial charge in [0.25, 0.3) is 0 Å². The predicted molar refractivity (Wildman–Crippen MR) is 67.6 cm³/mol. The van der Waals surface area contributed by atoms with Crippen molar-refractivity contribution in [3.05, 3.63) is 24.0 Å². The van der Waals surface area contributed by atoms with E-state index in [0.717, 1.165) is 0 Å². The first-order chi connectivity index (χ1) is 7.95. The molecule has 0 aliphatic rings. The molecule has 0 fully saturated rings. The van der Waals surface area contributed by atoms with Gasteiger partial charge in [0.05, 0.1) is 0 Å². The van der Waals surface area contributed by atoms with Crippen molar-refractivity contribution in [2.24, 2.45) is 11.8 Å². The van der Waals surface area contributed by atoms with Crippen molar-refractivity contribution in [1.29, 1.82) is 0 Å². The topological polar surface area (TPSA) is 81.1 Å². The number of anilines is 1. The summed E-state index contributed by atoms with van der Waals surface area (Å²) in [6, 6.07) is 4.18. The minimum absolute atomic E-state index is 0.0531. The van der Waals surface area contributed by atoms with E-state index < -0.39 is 0 Å². The van der Waals surface area contributed by atoms with E-state index in [0.29, 0.717) is 10.6 Å². The lowest BCUT2D eigenvalue weighted by atomic mass is 10.1. The summed E-state index contributed by atoms with van der Waals surface area (Å²) in [6.07, 6.45) is 0. The molecule has 94 valence electrons. The number of amides is 1. The standard InChI is InChI=1S/C11H16FN3OS/c1-6(11(16)15-14)7(2)17-10-5-8(12)3-4-9(10)13/h3-7H,13-14H2,1-2H3,(H,15,16). The molecule has 0 aliphatic heterocycles. The van der Waals surface area contributed by atoms with Gasteiger partial charge in [0.1, 0.15) is 5.82 Å². The minimum Gasteiger partial charge on any atom is -0.398 e. The molecule has 1 aromatic rings. The molecule has 0 bridgehead atoms. The van der Waals surface area contributed by atoms with Crippen LogP contribution in [0.2, 0.25) is 0 Å². The fraction of sp³-hybridized carbons (Fsp3) is 0.364. The number of rotatable bonds is 4. The van der Waals surface area contributed by atoms with Crippen LogP contribution in [0.5, 0.6) is 0 Å². The molecule has 17 heavy (non-hydrogen) atoms. The first-order valence-corrected chi connectivity index (χ1v) is 6.05. The Morgan fingerprint density at radius 2 is 2.12 bits per heavy atom. The number of hydrogen-bond acceptors (Lipinski definition) is 4. The van der Waals surface area contributed by atoms with Crippen molar-refractivity contribution >= 4 is 23.4 Å². The third kappa shape index (κ3) is 3.61. The van der Waals surface area contributed by atoms with Gasteiger partial charge in [-0.05, 0) is 18.2 Å². The predicted octanol–water partition coefficient (Wildman–Crippen LogP) is 1.51. The van der Waals surface area contributed by atoms with Crippen molar-refractivity contribution in [3.8, 4) is 0 Å². The zero-order chi connectivity index (χ0) is 13.0. The molecule has 2 unspecified atom stereocenters. The van der Waals surface area contributed by atoms with Gasteiger partial charge in [-0.2, -0.15) is 0 Å². The zero-order valence-electron chi connectivity index (χ0n) is 9.74. The molecule has 6 heteroatoms. The van der Waals surface area contributed by atoms with Crippen LogP contribution in [0, 0.1) is 11.7 Å². The molecule has 0 radical (unpaired) electrons. The van der Waals surface area contributed by atoms with Gasteiger partial charge in [0.15, 0.2) is 0 Å². The summed E-state index contributed by atoms with van der Waals surface area (Å²) in [4.78, 5) is 12.0. The quantitative estimate of drug-likeness (QED) is 0.251. The number of hydrogen-bond donors (Lipinski definition) is 3. The van der Waals surface area contributed by atoms with Gasteiger partial charge >= 0.3 is 0 Å².